The highest BCUT2D eigenvalue weighted by molar-refractivity contribution is 5.88. The molecule has 3 rings (SSSR count). The molecule has 0 spiro atoms. The number of nitrogens with zero attached hydrogens (tertiary/aromatic N) is 3. The monoisotopic (exact) mass is 372 g/mol. The number of fused-ring (bicyclic) bond motifs is 1. The molecule has 9 heteroatoms. The molecule has 2 aromatic carbocycles. The van der Waals surface area contributed by atoms with Gasteiger partial charge in [0, 0.05) is 24.1 Å². The van der Waals surface area contributed by atoms with Crippen molar-refractivity contribution in [1.82, 2.24) is 4.98 Å². The average molecular weight is 372 g/mol. The van der Waals surface area contributed by atoms with Gasteiger partial charge in [0.15, 0.2) is 0 Å². The summed E-state index contributed by atoms with van der Waals surface area (Å²) in [6.45, 7) is 0.203. The van der Waals surface area contributed by atoms with Crippen molar-refractivity contribution in [3.63, 3.8) is 0 Å². The Balaban J connectivity index is 1.84. The van der Waals surface area contributed by atoms with Gasteiger partial charge in [-0.15, -0.1) is 0 Å². The van der Waals surface area contributed by atoms with Crippen LogP contribution < -0.4 is 5.32 Å². The summed E-state index contributed by atoms with van der Waals surface area (Å²) >= 11 is 0. The molecule has 0 aliphatic carbocycles. The van der Waals surface area contributed by atoms with E-state index in [4.69, 9.17) is 0 Å². The maximum Gasteiger partial charge on any atom is 0.416 e. The number of pyridine rings is 1. The lowest BCUT2D eigenvalue weighted by Crippen LogP contribution is -2.06. The highest BCUT2D eigenvalue weighted by Gasteiger charge is 2.29. The second-order valence-corrected chi connectivity index (χ2v) is 5.67. The van der Waals surface area contributed by atoms with Gasteiger partial charge < -0.3 is 5.32 Å². The van der Waals surface area contributed by atoms with E-state index in [1.54, 1.807) is 0 Å². The van der Waals surface area contributed by atoms with Crippen LogP contribution in [0.1, 0.15) is 16.7 Å². The Labute approximate surface area is 151 Å². The molecular formula is C18H11F3N4O2. The third kappa shape index (κ3) is 3.95. The maximum absolute atomic E-state index is 12.6. The third-order valence-corrected chi connectivity index (χ3v) is 3.88. The van der Waals surface area contributed by atoms with Gasteiger partial charge in [-0.2, -0.15) is 18.4 Å². The van der Waals surface area contributed by atoms with E-state index in [2.05, 4.69) is 10.3 Å². The van der Waals surface area contributed by atoms with Crippen LogP contribution in [0.4, 0.5) is 24.7 Å². The topological polar surface area (TPSA) is 91.8 Å². The van der Waals surface area contributed by atoms with Crippen LogP contribution in [0.25, 0.3) is 10.9 Å². The first-order chi connectivity index (χ1) is 12.8. The number of anilines is 1. The Morgan fingerprint density at radius 2 is 1.85 bits per heavy atom. The SMILES string of the molecule is N#Cc1cc(NCc2ccc(C(F)(F)F)cc2)nc2ccc([N+](=O)[O-])cc12. The molecule has 0 radical (unpaired) electrons. The Hall–Kier alpha value is -3.67. The summed E-state index contributed by atoms with van der Waals surface area (Å²) in [7, 11) is 0. The number of aromatic nitrogens is 1. The van der Waals surface area contributed by atoms with Crippen molar-refractivity contribution in [3.8, 4) is 6.07 Å². The minimum Gasteiger partial charge on any atom is -0.366 e. The van der Waals surface area contributed by atoms with E-state index < -0.39 is 16.7 Å². The van der Waals surface area contributed by atoms with Gasteiger partial charge in [-0.1, -0.05) is 12.1 Å². The quantitative estimate of drug-likeness (QED) is 0.532. The molecule has 1 aromatic heterocycles. The van der Waals surface area contributed by atoms with Crippen molar-refractivity contribution in [2.75, 3.05) is 5.32 Å². The lowest BCUT2D eigenvalue weighted by atomic mass is 10.1. The van der Waals surface area contributed by atoms with Crippen LogP contribution in [0.15, 0.2) is 48.5 Å². The maximum atomic E-state index is 12.6. The van der Waals surface area contributed by atoms with E-state index in [1.807, 2.05) is 6.07 Å². The van der Waals surface area contributed by atoms with Crippen molar-refractivity contribution < 1.29 is 18.1 Å². The van der Waals surface area contributed by atoms with E-state index in [0.29, 0.717) is 22.3 Å². The fourth-order valence-corrected chi connectivity index (χ4v) is 2.51. The highest BCUT2D eigenvalue weighted by Crippen LogP contribution is 2.29. The molecule has 1 heterocycles. The number of nitro groups is 1. The Bertz CT molecular complexity index is 1060. The minimum atomic E-state index is -4.39. The molecule has 1 N–H and O–H groups in total. The second-order valence-electron chi connectivity index (χ2n) is 5.67. The standard InChI is InChI=1S/C18H11F3N4O2/c19-18(20,21)13-3-1-11(2-4-13)10-23-17-7-12(9-22)15-8-14(25(26)27)5-6-16(15)24-17/h1-8H,10H2,(H,23,24). The molecule has 0 atom stereocenters. The van der Waals surface area contributed by atoms with Gasteiger partial charge in [0.2, 0.25) is 0 Å². The summed E-state index contributed by atoms with van der Waals surface area (Å²) in [4.78, 5) is 14.6. The molecule has 0 unspecified atom stereocenters. The number of nitrogens with one attached hydrogen (secondary N) is 1. The minimum absolute atomic E-state index is 0.147. The lowest BCUT2D eigenvalue weighted by molar-refractivity contribution is -0.384. The molecule has 0 bridgehead atoms. The molecule has 0 amide bonds. The van der Waals surface area contributed by atoms with E-state index in [-0.39, 0.29) is 17.8 Å². The summed E-state index contributed by atoms with van der Waals surface area (Å²) in [5, 5.41) is 23.5. The number of nitriles is 1. The van der Waals surface area contributed by atoms with Gasteiger partial charge in [-0.25, -0.2) is 4.98 Å². The van der Waals surface area contributed by atoms with Crippen LogP contribution in [0, 0.1) is 21.4 Å². The van der Waals surface area contributed by atoms with Gasteiger partial charge in [-0.3, -0.25) is 10.1 Å². The van der Waals surface area contributed by atoms with Crippen LogP contribution in [0.3, 0.4) is 0 Å². The molecule has 136 valence electrons. The fourth-order valence-electron chi connectivity index (χ4n) is 2.51. The number of hydrogen-bond acceptors (Lipinski definition) is 5. The highest BCUT2D eigenvalue weighted by atomic mass is 19.4. The van der Waals surface area contributed by atoms with E-state index >= 15 is 0 Å². The van der Waals surface area contributed by atoms with Gasteiger partial charge in [0.05, 0.1) is 27.6 Å². The summed E-state index contributed by atoms with van der Waals surface area (Å²) in [6, 6.07) is 12.1. The zero-order chi connectivity index (χ0) is 19.6. The molecule has 0 aliphatic rings. The normalized spacial score (nSPS) is 11.2. The van der Waals surface area contributed by atoms with Gasteiger partial charge in [0.1, 0.15) is 5.82 Å². The van der Waals surface area contributed by atoms with Crippen LogP contribution in [0.5, 0.6) is 0 Å². The van der Waals surface area contributed by atoms with Crippen molar-refractivity contribution in [3.05, 3.63) is 75.3 Å². The molecule has 27 heavy (non-hydrogen) atoms. The smallest absolute Gasteiger partial charge is 0.366 e. The van der Waals surface area contributed by atoms with Crippen LogP contribution in [0.2, 0.25) is 0 Å². The number of non-ortho nitro benzene ring substituents is 1. The number of alkyl halides is 3. The van der Waals surface area contributed by atoms with Gasteiger partial charge >= 0.3 is 6.18 Å². The number of hydrogen-bond donors (Lipinski definition) is 1. The summed E-state index contributed by atoms with van der Waals surface area (Å²) in [5.41, 5.74) is 0.329. The molecule has 0 saturated carbocycles. The Morgan fingerprint density at radius 3 is 2.44 bits per heavy atom. The van der Waals surface area contributed by atoms with Crippen LogP contribution in [-0.2, 0) is 12.7 Å². The average Bonchev–Trinajstić information content (AvgIpc) is 2.64. The number of nitro benzene ring substituents is 1. The molecule has 6 nitrogen and oxygen atoms in total. The molecule has 3 aromatic rings. The first kappa shape index (κ1) is 18.1. The number of benzene rings is 2. The fraction of sp³-hybridized carbons (Fsp3) is 0.111. The van der Waals surface area contributed by atoms with Crippen LogP contribution >= 0.6 is 0 Å². The summed E-state index contributed by atoms with van der Waals surface area (Å²) in [6.07, 6.45) is -4.39. The van der Waals surface area contributed by atoms with Crippen molar-refractivity contribution in [2.24, 2.45) is 0 Å². The second kappa shape index (κ2) is 6.92. The Morgan fingerprint density at radius 1 is 1.15 bits per heavy atom. The van der Waals surface area contributed by atoms with Crippen LogP contribution in [-0.4, -0.2) is 9.91 Å². The van der Waals surface area contributed by atoms with E-state index in [1.165, 1.54) is 36.4 Å². The number of rotatable bonds is 4. The molecule has 0 saturated heterocycles. The van der Waals surface area contributed by atoms with Crippen molar-refractivity contribution in [2.45, 2.75) is 12.7 Å². The first-order valence-corrected chi connectivity index (χ1v) is 7.67. The lowest BCUT2D eigenvalue weighted by Gasteiger charge is -2.10. The summed E-state index contributed by atoms with van der Waals surface area (Å²) in [5.74, 6) is 0.341. The van der Waals surface area contributed by atoms with E-state index in [9.17, 15) is 28.5 Å². The van der Waals surface area contributed by atoms with Gasteiger partial charge in [-0.05, 0) is 29.8 Å². The zero-order valence-corrected chi connectivity index (χ0v) is 13.6. The summed E-state index contributed by atoms with van der Waals surface area (Å²) < 4.78 is 37.7. The van der Waals surface area contributed by atoms with Crippen molar-refractivity contribution in [1.29, 1.82) is 5.26 Å². The Kier molecular flexibility index (Phi) is 4.64. The van der Waals surface area contributed by atoms with E-state index in [0.717, 1.165) is 12.1 Å². The third-order valence-electron chi connectivity index (χ3n) is 3.88. The first-order valence-electron chi connectivity index (χ1n) is 7.67. The molecule has 0 fully saturated rings. The zero-order valence-electron chi connectivity index (χ0n) is 13.6. The molecular weight excluding hydrogens is 361 g/mol. The predicted molar refractivity (Wildman–Crippen MR) is 91.9 cm³/mol. The predicted octanol–water partition coefficient (Wildman–Crippen LogP) is 4.65. The van der Waals surface area contributed by atoms with Crippen molar-refractivity contribution >= 4 is 22.4 Å². The molecule has 0 aliphatic heterocycles. The number of halogens is 3. The van der Waals surface area contributed by atoms with Gasteiger partial charge in [0.25, 0.3) is 5.69 Å². The largest absolute Gasteiger partial charge is 0.416 e.